The van der Waals surface area contributed by atoms with Gasteiger partial charge in [0.1, 0.15) is 4.21 Å². The minimum absolute atomic E-state index is 0.265. The first-order valence-electron chi connectivity index (χ1n) is 6.18. The first kappa shape index (κ1) is 16.6. The van der Waals surface area contributed by atoms with Gasteiger partial charge in [-0.25, -0.2) is 8.42 Å². The van der Waals surface area contributed by atoms with Gasteiger partial charge in [0.15, 0.2) is 0 Å². The molecule has 1 heterocycles. The molecule has 0 radical (unpaired) electrons. The predicted octanol–water partition coefficient (Wildman–Crippen LogP) is 3.97. The molecule has 0 bridgehead atoms. The quantitative estimate of drug-likeness (QED) is 0.815. The van der Waals surface area contributed by atoms with Crippen molar-refractivity contribution in [3.63, 3.8) is 0 Å². The lowest BCUT2D eigenvalue weighted by molar-refractivity contribution is 0.603. The van der Waals surface area contributed by atoms with Crippen molar-refractivity contribution in [2.45, 2.75) is 17.7 Å². The van der Waals surface area contributed by atoms with Crippen molar-refractivity contribution in [2.75, 3.05) is 11.3 Å². The first-order valence-corrected chi connectivity index (χ1v) is 9.30. The molecular formula is C13H14Cl2N2O2S2. The molecule has 0 amide bonds. The van der Waals surface area contributed by atoms with Crippen LogP contribution in [-0.4, -0.2) is 15.0 Å². The summed E-state index contributed by atoms with van der Waals surface area (Å²) in [6.07, 6.45) is 0. The largest absolute Gasteiger partial charge is 0.313 e. The van der Waals surface area contributed by atoms with Crippen LogP contribution in [0, 0.1) is 0 Å². The molecule has 21 heavy (non-hydrogen) atoms. The second-order valence-corrected chi connectivity index (χ2v) is 7.92. The molecule has 0 atom stereocenters. The summed E-state index contributed by atoms with van der Waals surface area (Å²) in [5.74, 6) is 0. The molecule has 0 aliphatic heterocycles. The van der Waals surface area contributed by atoms with Crippen LogP contribution in [0.4, 0.5) is 5.69 Å². The Bertz CT molecular complexity index is 730. The van der Waals surface area contributed by atoms with Crippen LogP contribution in [0.25, 0.3) is 0 Å². The molecule has 2 aromatic rings. The van der Waals surface area contributed by atoms with Gasteiger partial charge in [-0.1, -0.05) is 30.1 Å². The fourth-order valence-electron chi connectivity index (χ4n) is 1.62. The standard InChI is InChI=1S/C13H14Cl2N2O2S2/c1-2-16-7-9-5-13(20-8-9)21(18,19)17-10-3-4-11(14)12(15)6-10/h3-6,8,16-17H,2,7H2,1H3. The SMILES string of the molecule is CCNCc1csc(S(=O)(=O)Nc2ccc(Cl)c(Cl)c2)c1. The van der Waals surface area contributed by atoms with Crippen LogP contribution < -0.4 is 10.0 Å². The molecule has 2 rings (SSSR count). The molecule has 114 valence electrons. The van der Waals surface area contributed by atoms with Crippen molar-refractivity contribution in [1.82, 2.24) is 5.32 Å². The average Bonchev–Trinajstić information content (AvgIpc) is 2.90. The highest BCUT2D eigenvalue weighted by atomic mass is 35.5. The lowest BCUT2D eigenvalue weighted by Crippen LogP contribution is -2.12. The molecule has 0 fully saturated rings. The molecule has 1 aromatic heterocycles. The Hall–Kier alpha value is -0.790. The Kier molecular flexibility index (Phi) is 5.51. The van der Waals surface area contributed by atoms with E-state index >= 15 is 0 Å². The highest BCUT2D eigenvalue weighted by Gasteiger charge is 2.17. The second kappa shape index (κ2) is 6.98. The van der Waals surface area contributed by atoms with E-state index in [2.05, 4.69) is 10.0 Å². The van der Waals surface area contributed by atoms with Gasteiger partial charge in [0.2, 0.25) is 0 Å². The highest BCUT2D eigenvalue weighted by Crippen LogP contribution is 2.28. The van der Waals surface area contributed by atoms with Crippen LogP contribution in [0.3, 0.4) is 0 Å². The summed E-state index contributed by atoms with van der Waals surface area (Å²) < 4.78 is 27.3. The maximum Gasteiger partial charge on any atom is 0.271 e. The lowest BCUT2D eigenvalue weighted by atomic mass is 10.3. The van der Waals surface area contributed by atoms with Crippen molar-refractivity contribution < 1.29 is 8.42 Å². The Morgan fingerprint density at radius 1 is 1.19 bits per heavy atom. The fourth-order valence-corrected chi connectivity index (χ4v) is 4.18. The van der Waals surface area contributed by atoms with Crippen molar-refractivity contribution in [2.24, 2.45) is 0 Å². The topological polar surface area (TPSA) is 58.2 Å². The van der Waals surface area contributed by atoms with Crippen LogP contribution in [-0.2, 0) is 16.6 Å². The molecule has 4 nitrogen and oxygen atoms in total. The summed E-state index contributed by atoms with van der Waals surface area (Å²) in [5, 5.41) is 5.66. The smallest absolute Gasteiger partial charge is 0.271 e. The zero-order valence-electron chi connectivity index (χ0n) is 11.2. The van der Waals surface area contributed by atoms with E-state index in [1.807, 2.05) is 12.3 Å². The third kappa shape index (κ3) is 4.34. The van der Waals surface area contributed by atoms with Gasteiger partial charge in [-0.15, -0.1) is 11.3 Å². The Labute approximate surface area is 138 Å². The number of hydrogen-bond acceptors (Lipinski definition) is 4. The molecule has 8 heteroatoms. The lowest BCUT2D eigenvalue weighted by Gasteiger charge is -2.07. The molecule has 0 aliphatic rings. The highest BCUT2D eigenvalue weighted by molar-refractivity contribution is 7.94. The van der Waals surface area contributed by atoms with Gasteiger partial charge < -0.3 is 5.32 Å². The summed E-state index contributed by atoms with van der Waals surface area (Å²) in [5.41, 5.74) is 1.32. The van der Waals surface area contributed by atoms with Crippen LogP contribution in [0.15, 0.2) is 33.9 Å². The maximum absolute atomic E-state index is 12.3. The van der Waals surface area contributed by atoms with E-state index in [-0.39, 0.29) is 4.21 Å². The monoisotopic (exact) mass is 364 g/mol. The molecule has 0 saturated carbocycles. The zero-order valence-corrected chi connectivity index (χ0v) is 14.3. The molecule has 2 N–H and O–H groups in total. The van der Waals surface area contributed by atoms with Crippen LogP contribution in [0.1, 0.15) is 12.5 Å². The molecule has 1 aromatic carbocycles. The molecule has 0 spiro atoms. The van der Waals surface area contributed by atoms with Crippen LogP contribution >= 0.6 is 34.5 Å². The Balaban J connectivity index is 2.17. The van der Waals surface area contributed by atoms with E-state index in [4.69, 9.17) is 23.2 Å². The van der Waals surface area contributed by atoms with Gasteiger partial charge >= 0.3 is 0 Å². The van der Waals surface area contributed by atoms with Crippen molar-refractivity contribution in [1.29, 1.82) is 0 Å². The minimum atomic E-state index is -3.61. The minimum Gasteiger partial charge on any atom is -0.313 e. The number of nitrogens with one attached hydrogen (secondary N) is 2. The van der Waals surface area contributed by atoms with Crippen molar-refractivity contribution in [3.8, 4) is 0 Å². The number of thiophene rings is 1. The van der Waals surface area contributed by atoms with E-state index in [1.54, 1.807) is 18.2 Å². The van der Waals surface area contributed by atoms with Crippen LogP contribution in [0.2, 0.25) is 10.0 Å². The van der Waals surface area contributed by atoms with E-state index in [0.29, 0.717) is 22.3 Å². The maximum atomic E-state index is 12.3. The Morgan fingerprint density at radius 2 is 1.95 bits per heavy atom. The molecule has 0 aliphatic carbocycles. The summed E-state index contributed by atoms with van der Waals surface area (Å²) in [7, 11) is -3.61. The third-order valence-corrected chi connectivity index (χ3v) is 6.25. The van der Waals surface area contributed by atoms with Crippen molar-refractivity contribution in [3.05, 3.63) is 45.3 Å². The van der Waals surface area contributed by atoms with Gasteiger partial charge in [-0.3, -0.25) is 4.72 Å². The number of hydrogen-bond donors (Lipinski definition) is 2. The number of anilines is 1. The normalized spacial score (nSPS) is 11.6. The second-order valence-electron chi connectivity index (χ2n) is 4.29. The summed E-state index contributed by atoms with van der Waals surface area (Å²) >= 11 is 12.9. The molecular weight excluding hydrogens is 351 g/mol. The molecule has 0 unspecified atom stereocenters. The van der Waals surface area contributed by atoms with Crippen LogP contribution in [0.5, 0.6) is 0 Å². The fraction of sp³-hybridized carbons (Fsp3) is 0.231. The van der Waals surface area contributed by atoms with E-state index in [1.165, 1.54) is 17.4 Å². The summed E-state index contributed by atoms with van der Waals surface area (Å²) in [6.45, 7) is 3.48. The number of benzene rings is 1. The van der Waals surface area contributed by atoms with Crippen molar-refractivity contribution >= 4 is 50.2 Å². The van der Waals surface area contributed by atoms with Gasteiger partial charge in [-0.2, -0.15) is 0 Å². The van der Waals surface area contributed by atoms with E-state index in [0.717, 1.165) is 12.1 Å². The number of sulfonamides is 1. The first-order chi connectivity index (χ1) is 9.92. The van der Waals surface area contributed by atoms with E-state index < -0.39 is 10.0 Å². The van der Waals surface area contributed by atoms with Gasteiger partial charge in [0, 0.05) is 6.54 Å². The Morgan fingerprint density at radius 3 is 2.62 bits per heavy atom. The average molecular weight is 365 g/mol. The predicted molar refractivity (Wildman–Crippen MR) is 89.0 cm³/mol. The third-order valence-electron chi connectivity index (χ3n) is 2.65. The van der Waals surface area contributed by atoms with E-state index in [9.17, 15) is 8.42 Å². The summed E-state index contributed by atoms with van der Waals surface area (Å²) in [6, 6.07) is 6.26. The number of rotatable bonds is 6. The molecule has 0 saturated heterocycles. The van der Waals surface area contributed by atoms with Gasteiger partial charge in [-0.05, 0) is 41.8 Å². The number of halogens is 2. The summed E-state index contributed by atoms with van der Waals surface area (Å²) in [4.78, 5) is 0. The van der Waals surface area contributed by atoms with Gasteiger partial charge in [0.05, 0.1) is 15.7 Å². The zero-order chi connectivity index (χ0) is 15.5. The van der Waals surface area contributed by atoms with Gasteiger partial charge in [0.25, 0.3) is 10.0 Å².